The van der Waals surface area contributed by atoms with Gasteiger partial charge in [-0.25, -0.2) is 0 Å². The molecular weight excluding hydrogens is 180 g/mol. The number of carbonyl (C=O) groups excluding carboxylic acids is 1. The number of carbonyl (C=O) groups is 1. The van der Waals surface area contributed by atoms with E-state index in [1.165, 1.54) is 0 Å². The summed E-state index contributed by atoms with van der Waals surface area (Å²) in [4.78, 5) is 13.2. The molecule has 1 saturated heterocycles. The van der Waals surface area contributed by atoms with Crippen LogP contribution in [0.2, 0.25) is 0 Å². The Labute approximate surface area is 85.4 Å². The first-order valence-electron chi connectivity index (χ1n) is 5.21. The molecule has 0 saturated carbocycles. The van der Waals surface area contributed by atoms with Crippen LogP contribution in [-0.2, 0) is 9.53 Å². The van der Waals surface area contributed by atoms with Gasteiger partial charge in [0.1, 0.15) is 6.04 Å². The monoisotopic (exact) mass is 200 g/mol. The van der Waals surface area contributed by atoms with Gasteiger partial charge in [0.2, 0.25) is 5.91 Å². The highest BCUT2D eigenvalue weighted by Crippen LogP contribution is 2.19. The van der Waals surface area contributed by atoms with E-state index in [0.717, 1.165) is 0 Å². The van der Waals surface area contributed by atoms with E-state index in [1.807, 2.05) is 11.8 Å². The van der Waals surface area contributed by atoms with Crippen LogP contribution in [-0.4, -0.2) is 42.6 Å². The lowest BCUT2D eigenvalue weighted by molar-refractivity contribution is -0.149. The minimum absolute atomic E-state index is 0.0587. The second-order valence-electron chi connectivity index (χ2n) is 4.07. The van der Waals surface area contributed by atoms with Gasteiger partial charge >= 0.3 is 0 Å². The lowest BCUT2D eigenvalue weighted by Crippen LogP contribution is -2.65. The highest BCUT2D eigenvalue weighted by molar-refractivity contribution is 5.88. The molecular formula is C10H20N2O2. The van der Waals surface area contributed by atoms with Crippen LogP contribution in [0.15, 0.2) is 0 Å². The maximum atomic E-state index is 11.4. The fraction of sp³-hybridized carbons (Fsp3) is 0.900. The number of nitrogens with zero attached hydrogens (tertiary/aromatic N) is 1. The SMILES string of the molecule is CCOCC(C(C)C)N1CC(N)C1=O. The van der Waals surface area contributed by atoms with Crippen LogP contribution in [0.3, 0.4) is 0 Å². The molecule has 14 heavy (non-hydrogen) atoms. The average molecular weight is 200 g/mol. The van der Waals surface area contributed by atoms with Gasteiger partial charge in [-0.3, -0.25) is 4.79 Å². The van der Waals surface area contributed by atoms with Crippen molar-refractivity contribution in [1.82, 2.24) is 4.90 Å². The second-order valence-corrected chi connectivity index (χ2v) is 4.07. The van der Waals surface area contributed by atoms with E-state index in [0.29, 0.717) is 25.7 Å². The van der Waals surface area contributed by atoms with Gasteiger partial charge in [0.25, 0.3) is 0 Å². The molecule has 2 unspecified atom stereocenters. The zero-order valence-electron chi connectivity index (χ0n) is 9.19. The van der Waals surface area contributed by atoms with Crippen LogP contribution in [0.1, 0.15) is 20.8 Å². The average Bonchev–Trinajstić information content (AvgIpc) is 2.16. The number of β-lactam (4-membered cyclic amide) rings is 1. The molecule has 4 nitrogen and oxygen atoms in total. The van der Waals surface area contributed by atoms with E-state index in [4.69, 9.17) is 10.5 Å². The van der Waals surface area contributed by atoms with Crippen LogP contribution in [0.5, 0.6) is 0 Å². The first kappa shape index (κ1) is 11.5. The molecule has 0 aromatic rings. The predicted molar refractivity (Wildman–Crippen MR) is 54.8 cm³/mol. The topological polar surface area (TPSA) is 55.6 Å². The molecule has 4 heteroatoms. The Morgan fingerprint density at radius 1 is 1.64 bits per heavy atom. The van der Waals surface area contributed by atoms with Crippen molar-refractivity contribution in [3.63, 3.8) is 0 Å². The third-order valence-electron chi connectivity index (χ3n) is 2.66. The summed E-state index contributed by atoms with van der Waals surface area (Å²) < 4.78 is 5.36. The number of nitrogens with two attached hydrogens (primary N) is 1. The van der Waals surface area contributed by atoms with Gasteiger partial charge in [-0.1, -0.05) is 13.8 Å². The molecule has 0 bridgehead atoms. The van der Waals surface area contributed by atoms with E-state index in [2.05, 4.69) is 13.8 Å². The lowest BCUT2D eigenvalue weighted by Gasteiger charge is -2.43. The summed E-state index contributed by atoms with van der Waals surface area (Å²) in [6.07, 6.45) is 0. The Morgan fingerprint density at radius 2 is 2.29 bits per heavy atom. The van der Waals surface area contributed by atoms with Gasteiger partial charge in [-0.05, 0) is 12.8 Å². The Balaban J connectivity index is 2.47. The highest BCUT2D eigenvalue weighted by Gasteiger charge is 2.39. The van der Waals surface area contributed by atoms with Crippen LogP contribution in [0, 0.1) is 5.92 Å². The Morgan fingerprint density at radius 3 is 2.64 bits per heavy atom. The van der Waals surface area contributed by atoms with E-state index in [1.54, 1.807) is 0 Å². The first-order valence-corrected chi connectivity index (χ1v) is 5.21. The van der Waals surface area contributed by atoms with E-state index < -0.39 is 0 Å². The van der Waals surface area contributed by atoms with Crippen molar-refractivity contribution in [1.29, 1.82) is 0 Å². The number of amides is 1. The molecule has 0 aromatic carbocycles. The number of likely N-dealkylation sites (tertiary alicyclic amines) is 1. The Kier molecular flexibility index (Phi) is 3.89. The summed E-state index contributed by atoms with van der Waals surface area (Å²) >= 11 is 0. The van der Waals surface area contributed by atoms with Gasteiger partial charge < -0.3 is 15.4 Å². The van der Waals surface area contributed by atoms with Crippen molar-refractivity contribution in [3.8, 4) is 0 Å². The number of rotatable bonds is 5. The van der Waals surface area contributed by atoms with Crippen molar-refractivity contribution in [2.45, 2.75) is 32.9 Å². The maximum Gasteiger partial charge on any atom is 0.241 e. The zero-order valence-corrected chi connectivity index (χ0v) is 9.19. The van der Waals surface area contributed by atoms with Gasteiger partial charge in [-0.15, -0.1) is 0 Å². The van der Waals surface area contributed by atoms with Gasteiger partial charge in [0, 0.05) is 13.2 Å². The molecule has 1 rings (SSSR count). The van der Waals surface area contributed by atoms with Gasteiger partial charge in [0.15, 0.2) is 0 Å². The van der Waals surface area contributed by atoms with E-state index >= 15 is 0 Å². The van der Waals surface area contributed by atoms with Crippen LogP contribution in [0.4, 0.5) is 0 Å². The fourth-order valence-corrected chi connectivity index (χ4v) is 1.66. The van der Waals surface area contributed by atoms with Crippen molar-refractivity contribution in [3.05, 3.63) is 0 Å². The number of hydrogen-bond acceptors (Lipinski definition) is 3. The predicted octanol–water partition coefficient (Wildman–Crippen LogP) is 0.217. The maximum absolute atomic E-state index is 11.4. The fourth-order valence-electron chi connectivity index (χ4n) is 1.66. The largest absolute Gasteiger partial charge is 0.380 e. The minimum Gasteiger partial charge on any atom is -0.380 e. The minimum atomic E-state index is -0.280. The molecule has 1 fully saturated rings. The quantitative estimate of drug-likeness (QED) is 0.646. The third kappa shape index (κ3) is 2.25. The summed E-state index contributed by atoms with van der Waals surface area (Å²) in [5.74, 6) is 0.474. The van der Waals surface area contributed by atoms with Crippen molar-refractivity contribution in [2.75, 3.05) is 19.8 Å². The number of ether oxygens (including phenoxy) is 1. The van der Waals surface area contributed by atoms with Crippen LogP contribution >= 0.6 is 0 Å². The molecule has 2 atom stereocenters. The standard InChI is InChI=1S/C10H20N2O2/c1-4-14-6-9(7(2)3)12-5-8(11)10(12)13/h7-9H,4-6,11H2,1-3H3. The van der Waals surface area contributed by atoms with Crippen LogP contribution in [0.25, 0.3) is 0 Å². The molecule has 1 amide bonds. The van der Waals surface area contributed by atoms with E-state index in [-0.39, 0.29) is 18.0 Å². The summed E-state index contributed by atoms with van der Waals surface area (Å²) in [5.41, 5.74) is 5.55. The van der Waals surface area contributed by atoms with Gasteiger partial charge in [0.05, 0.1) is 12.6 Å². The second kappa shape index (κ2) is 4.75. The molecule has 0 spiro atoms. The zero-order chi connectivity index (χ0) is 10.7. The summed E-state index contributed by atoms with van der Waals surface area (Å²) in [6, 6.07) is -0.0971. The van der Waals surface area contributed by atoms with Gasteiger partial charge in [-0.2, -0.15) is 0 Å². The summed E-state index contributed by atoms with van der Waals surface area (Å²) in [5, 5.41) is 0. The van der Waals surface area contributed by atoms with E-state index in [9.17, 15) is 4.79 Å². The molecule has 82 valence electrons. The smallest absolute Gasteiger partial charge is 0.241 e. The Bertz CT molecular complexity index is 206. The Hall–Kier alpha value is -0.610. The van der Waals surface area contributed by atoms with Crippen LogP contribution < -0.4 is 5.73 Å². The summed E-state index contributed by atoms with van der Waals surface area (Å²) in [7, 11) is 0. The molecule has 0 aliphatic carbocycles. The normalized spacial score (nSPS) is 23.9. The summed E-state index contributed by atoms with van der Waals surface area (Å²) in [6.45, 7) is 8.14. The lowest BCUT2D eigenvalue weighted by atomic mass is 9.97. The molecule has 0 radical (unpaired) electrons. The molecule has 0 aromatic heterocycles. The third-order valence-corrected chi connectivity index (χ3v) is 2.66. The van der Waals surface area contributed by atoms with Crippen molar-refractivity contribution in [2.24, 2.45) is 11.7 Å². The number of hydrogen-bond donors (Lipinski definition) is 1. The molecule has 1 heterocycles. The molecule has 1 aliphatic rings. The molecule has 2 N–H and O–H groups in total. The first-order chi connectivity index (χ1) is 6.57. The van der Waals surface area contributed by atoms with Crippen molar-refractivity contribution < 1.29 is 9.53 Å². The van der Waals surface area contributed by atoms with Crippen molar-refractivity contribution >= 4 is 5.91 Å². The highest BCUT2D eigenvalue weighted by atomic mass is 16.5. The molecule has 1 aliphatic heterocycles.